The maximum Gasteiger partial charge on any atom is 0.157 e. The zero-order valence-corrected chi connectivity index (χ0v) is 8.09. The van der Waals surface area contributed by atoms with E-state index in [-0.39, 0.29) is 11.5 Å². The first kappa shape index (κ1) is 10.3. The van der Waals surface area contributed by atoms with Crippen molar-refractivity contribution in [3.63, 3.8) is 0 Å². The molecule has 0 amide bonds. The van der Waals surface area contributed by atoms with Crippen LogP contribution in [0.5, 0.6) is 0 Å². The molecule has 0 bridgehead atoms. The molecule has 5 heteroatoms. The van der Waals surface area contributed by atoms with Crippen LogP contribution in [0.15, 0.2) is 22.8 Å². The first-order valence-electron chi connectivity index (χ1n) is 4.07. The molecule has 1 heterocycles. The third kappa shape index (κ3) is 3.61. The molecule has 0 saturated heterocycles. The summed E-state index contributed by atoms with van der Waals surface area (Å²) in [7, 11) is -3.04. The van der Waals surface area contributed by atoms with E-state index in [2.05, 4.69) is 0 Å². The molecular formula is C8H13NO3S. The number of hydrogen-bond acceptors (Lipinski definition) is 4. The Balaban J connectivity index is 2.53. The van der Waals surface area contributed by atoms with E-state index in [1.807, 2.05) is 0 Å². The van der Waals surface area contributed by atoms with Crippen LogP contribution in [0.4, 0.5) is 0 Å². The number of sulfone groups is 1. The highest BCUT2D eigenvalue weighted by molar-refractivity contribution is 7.90. The lowest BCUT2D eigenvalue weighted by Crippen LogP contribution is -2.12. The van der Waals surface area contributed by atoms with Crippen molar-refractivity contribution >= 4 is 9.84 Å². The Morgan fingerprint density at radius 2 is 2.23 bits per heavy atom. The fourth-order valence-electron chi connectivity index (χ4n) is 0.987. The van der Waals surface area contributed by atoms with Crippen LogP contribution in [-0.4, -0.2) is 20.7 Å². The average Bonchev–Trinajstić information content (AvgIpc) is 2.52. The number of hydrogen-bond donors (Lipinski definition) is 1. The molecule has 0 fully saturated rings. The van der Waals surface area contributed by atoms with Gasteiger partial charge in [-0.05, 0) is 25.1 Å². The summed E-state index contributed by atoms with van der Waals surface area (Å²) in [4.78, 5) is 0. The SMILES string of the molecule is NCCCS(=O)(=O)Cc1ccco1. The molecule has 0 spiro atoms. The Hall–Kier alpha value is -0.810. The lowest BCUT2D eigenvalue weighted by atomic mass is 10.5. The summed E-state index contributed by atoms with van der Waals surface area (Å²) in [5, 5.41) is 0. The Bertz CT molecular complexity index is 328. The molecule has 4 nitrogen and oxygen atoms in total. The number of nitrogens with two attached hydrogens (primary N) is 1. The average molecular weight is 203 g/mol. The molecule has 0 aromatic carbocycles. The normalized spacial score (nSPS) is 11.8. The molecular weight excluding hydrogens is 190 g/mol. The van der Waals surface area contributed by atoms with Gasteiger partial charge in [-0.3, -0.25) is 0 Å². The minimum atomic E-state index is -3.04. The van der Waals surface area contributed by atoms with E-state index in [0.29, 0.717) is 18.7 Å². The molecule has 0 unspecified atom stereocenters. The van der Waals surface area contributed by atoms with Gasteiger partial charge < -0.3 is 10.2 Å². The van der Waals surface area contributed by atoms with E-state index < -0.39 is 9.84 Å². The van der Waals surface area contributed by atoms with Gasteiger partial charge in [0.05, 0.1) is 12.0 Å². The van der Waals surface area contributed by atoms with Crippen LogP contribution < -0.4 is 5.73 Å². The number of rotatable bonds is 5. The summed E-state index contributed by atoms with van der Waals surface area (Å²) in [5.41, 5.74) is 5.22. The van der Waals surface area contributed by atoms with Gasteiger partial charge in [-0.2, -0.15) is 0 Å². The highest BCUT2D eigenvalue weighted by Crippen LogP contribution is 2.07. The van der Waals surface area contributed by atoms with Crippen LogP contribution in [0, 0.1) is 0 Å². The van der Waals surface area contributed by atoms with Gasteiger partial charge in [0.15, 0.2) is 9.84 Å². The molecule has 2 N–H and O–H groups in total. The molecule has 1 aromatic heterocycles. The van der Waals surface area contributed by atoms with Gasteiger partial charge in [-0.1, -0.05) is 0 Å². The molecule has 0 aliphatic carbocycles. The van der Waals surface area contributed by atoms with E-state index >= 15 is 0 Å². The van der Waals surface area contributed by atoms with Gasteiger partial charge in [-0.25, -0.2) is 8.42 Å². The molecule has 0 saturated carbocycles. The highest BCUT2D eigenvalue weighted by Gasteiger charge is 2.12. The Labute approximate surface area is 77.7 Å². The standard InChI is InChI=1S/C8H13NO3S/c9-4-2-6-13(10,11)7-8-3-1-5-12-8/h1,3,5H,2,4,6-7,9H2. The molecule has 1 rings (SSSR count). The first-order valence-corrected chi connectivity index (χ1v) is 5.89. The van der Waals surface area contributed by atoms with Gasteiger partial charge in [-0.15, -0.1) is 0 Å². The van der Waals surface area contributed by atoms with Gasteiger partial charge in [0.1, 0.15) is 11.5 Å². The van der Waals surface area contributed by atoms with Crippen molar-refractivity contribution in [3.05, 3.63) is 24.2 Å². The van der Waals surface area contributed by atoms with Gasteiger partial charge in [0.2, 0.25) is 0 Å². The van der Waals surface area contributed by atoms with Gasteiger partial charge >= 0.3 is 0 Å². The van der Waals surface area contributed by atoms with Crippen LogP contribution >= 0.6 is 0 Å². The van der Waals surface area contributed by atoms with Crippen molar-refractivity contribution in [1.82, 2.24) is 0 Å². The molecule has 1 aromatic rings. The van der Waals surface area contributed by atoms with Gasteiger partial charge in [0, 0.05) is 0 Å². The molecule has 0 radical (unpaired) electrons. The van der Waals surface area contributed by atoms with Crippen molar-refractivity contribution in [3.8, 4) is 0 Å². The van der Waals surface area contributed by atoms with Crippen molar-refractivity contribution in [2.75, 3.05) is 12.3 Å². The Morgan fingerprint density at radius 3 is 2.77 bits per heavy atom. The highest BCUT2D eigenvalue weighted by atomic mass is 32.2. The summed E-state index contributed by atoms with van der Waals surface area (Å²) >= 11 is 0. The predicted molar refractivity (Wildman–Crippen MR) is 49.9 cm³/mol. The summed E-state index contributed by atoms with van der Waals surface area (Å²) < 4.78 is 27.6. The van der Waals surface area contributed by atoms with Crippen molar-refractivity contribution < 1.29 is 12.8 Å². The van der Waals surface area contributed by atoms with Crippen LogP contribution in [0.25, 0.3) is 0 Å². The largest absolute Gasteiger partial charge is 0.468 e. The van der Waals surface area contributed by atoms with Crippen LogP contribution in [0.2, 0.25) is 0 Å². The molecule has 13 heavy (non-hydrogen) atoms. The monoisotopic (exact) mass is 203 g/mol. The second-order valence-electron chi connectivity index (χ2n) is 2.81. The fraction of sp³-hybridized carbons (Fsp3) is 0.500. The molecule has 0 aliphatic rings. The van der Waals surface area contributed by atoms with Crippen molar-refractivity contribution in [1.29, 1.82) is 0 Å². The third-order valence-corrected chi connectivity index (χ3v) is 3.24. The van der Waals surface area contributed by atoms with Crippen molar-refractivity contribution in [2.24, 2.45) is 5.73 Å². The van der Waals surface area contributed by atoms with E-state index in [9.17, 15) is 8.42 Å². The van der Waals surface area contributed by atoms with E-state index in [1.165, 1.54) is 6.26 Å². The number of furan rings is 1. The second-order valence-corrected chi connectivity index (χ2v) is 5.00. The maximum atomic E-state index is 11.3. The Morgan fingerprint density at radius 1 is 1.46 bits per heavy atom. The van der Waals surface area contributed by atoms with Crippen LogP contribution in [0.1, 0.15) is 12.2 Å². The summed E-state index contributed by atoms with van der Waals surface area (Å²) in [6, 6.07) is 3.33. The van der Waals surface area contributed by atoms with E-state index in [4.69, 9.17) is 10.2 Å². The first-order chi connectivity index (χ1) is 6.14. The van der Waals surface area contributed by atoms with Gasteiger partial charge in [0.25, 0.3) is 0 Å². The minimum absolute atomic E-state index is 0.0278. The quantitative estimate of drug-likeness (QED) is 0.758. The lowest BCUT2D eigenvalue weighted by Gasteiger charge is -1.99. The third-order valence-electron chi connectivity index (χ3n) is 1.60. The van der Waals surface area contributed by atoms with Crippen LogP contribution in [0.3, 0.4) is 0 Å². The van der Waals surface area contributed by atoms with E-state index in [0.717, 1.165) is 0 Å². The fourth-order valence-corrected chi connectivity index (χ4v) is 2.34. The lowest BCUT2D eigenvalue weighted by molar-refractivity contribution is 0.520. The summed E-state index contributed by atoms with van der Waals surface area (Å²) in [5.74, 6) is 0.585. The maximum absolute atomic E-state index is 11.3. The zero-order valence-electron chi connectivity index (χ0n) is 7.27. The predicted octanol–water partition coefficient (Wildman–Crippen LogP) is 0.543. The smallest absolute Gasteiger partial charge is 0.157 e. The molecule has 0 aliphatic heterocycles. The van der Waals surface area contributed by atoms with Crippen molar-refractivity contribution in [2.45, 2.75) is 12.2 Å². The summed E-state index contributed by atoms with van der Waals surface area (Å²) in [6.07, 6.45) is 1.97. The Kier molecular flexibility index (Phi) is 3.50. The van der Waals surface area contributed by atoms with Crippen LogP contribution in [-0.2, 0) is 15.6 Å². The molecule has 74 valence electrons. The topological polar surface area (TPSA) is 73.3 Å². The molecule has 0 atom stereocenters. The summed E-state index contributed by atoms with van der Waals surface area (Å²) in [6.45, 7) is 0.400. The second kappa shape index (κ2) is 4.43. The van der Waals surface area contributed by atoms with E-state index in [1.54, 1.807) is 12.1 Å². The minimum Gasteiger partial charge on any atom is -0.468 e. The zero-order chi connectivity index (χ0) is 9.73.